The van der Waals surface area contributed by atoms with Gasteiger partial charge in [0.1, 0.15) is 5.60 Å². The maximum atomic E-state index is 9.64. The van der Waals surface area contributed by atoms with Gasteiger partial charge in [-0.1, -0.05) is 12.8 Å². The number of rotatable bonds is 17. The monoisotopic (exact) mass is 399 g/mol. The fourth-order valence-corrected chi connectivity index (χ4v) is 2.98. The van der Waals surface area contributed by atoms with E-state index in [1.165, 1.54) is 0 Å². The fraction of sp³-hybridized carbons (Fsp3) is 0.909. The fourth-order valence-electron chi connectivity index (χ4n) is 2.98. The van der Waals surface area contributed by atoms with Crippen molar-refractivity contribution in [2.45, 2.75) is 116 Å². The van der Waals surface area contributed by atoms with Gasteiger partial charge in [-0.05, 0) is 85.6 Å². The number of aliphatic hydroxyl groups is 1. The van der Waals surface area contributed by atoms with Crippen LogP contribution in [0.1, 0.15) is 105 Å². The van der Waals surface area contributed by atoms with Gasteiger partial charge in [0.25, 0.3) is 0 Å². The Morgan fingerprint density at radius 3 is 1.93 bits per heavy atom. The summed E-state index contributed by atoms with van der Waals surface area (Å²) < 4.78 is 11.2. The molecule has 0 saturated carbocycles. The molecule has 0 heterocycles. The van der Waals surface area contributed by atoms with E-state index in [0.29, 0.717) is 37.8 Å². The van der Waals surface area contributed by atoms with Crippen molar-refractivity contribution in [1.29, 1.82) is 10.8 Å². The molecule has 0 atom stereocenters. The molecule has 6 heteroatoms. The number of hydrogen-bond acceptors (Lipinski definition) is 6. The number of hydrogen-bond donors (Lipinski definition) is 4. The van der Waals surface area contributed by atoms with E-state index in [4.69, 9.17) is 26.0 Å². The Morgan fingerprint density at radius 1 is 0.786 bits per heavy atom. The molecule has 0 unspecified atom stereocenters. The maximum absolute atomic E-state index is 9.64. The molecule has 0 aliphatic heterocycles. The number of nitrogens with two attached hydrogens (primary N) is 1. The lowest BCUT2D eigenvalue weighted by Crippen LogP contribution is -2.27. The minimum atomic E-state index is -0.616. The Hall–Kier alpha value is -1.14. The summed E-state index contributed by atoms with van der Waals surface area (Å²) in [4.78, 5) is 0. The van der Waals surface area contributed by atoms with E-state index in [2.05, 4.69) is 0 Å². The van der Waals surface area contributed by atoms with Crippen molar-refractivity contribution < 1.29 is 14.6 Å². The van der Waals surface area contributed by atoms with E-state index in [0.717, 1.165) is 64.2 Å². The van der Waals surface area contributed by atoms with Crippen LogP contribution < -0.4 is 5.73 Å². The zero-order valence-corrected chi connectivity index (χ0v) is 18.7. The molecule has 0 saturated heterocycles. The molecule has 0 bridgehead atoms. The first-order chi connectivity index (χ1) is 13.1. The zero-order valence-electron chi connectivity index (χ0n) is 18.7. The molecule has 0 aromatic rings. The van der Waals surface area contributed by atoms with E-state index >= 15 is 0 Å². The minimum absolute atomic E-state index is 0.286. The Bertz CT molecular complexity index is 431. The Kier molecular flexibility index (Phi) is 14.2. The lowest BCUT2D eigenvalue weighted by molar-refractivity contribution is 0.0667. The third-order valence-electron chi connectivity index (χ3n) is 4.65. The Labute approximate surface area is 172 Å². The average molecular weight is 400 g/mol. The summed E-state index contributed by atoms with van der Waals surface area (Å²) in [6, 6.07) is 0. The standard InChI is InChI=1S/C22H45N3O3/c1-21(2,26)15-10-12-18-27-19(24)13-7-5-6-8-14-20(25)28-22(3,4)16-9-11-17-23/h24-26H,5-18,23H2,1-4H3. The van der Waals surface area contributed by atoms with Gasteiger partial charge in [0.05, 0.1) is 12.2 Å². The second kappa shape index (κ2) is 14.8. The number of ether oxygens (including phenoxy) is 2. The van der Waals surface area contributed by atoms with Crippen LogP contribution in [0.15, 0.2) is 0 Å². The van der Waals surface area contributed by atoms with E-state index in [9.17, 15) is 5.11 Å². The van der Waals surface area contributed by atoms with Gasteiger partial charge in [-0.3, -0.25) is 10.8 Å². The van der Waals surface area contributed by atoms with Crippen LogP contribution in [0, 0.1) is 10.8 Å². The summed E-state index contributed by atoms with van der Waals surface area (Å²) in [5.74, 6) is 0.735. The van der Waals surface area contributed by atoms with Crippen LogP contribution in [0.4, 0.5) is 0 Å². The quantitative estimate of drug-likeness (QED) is 0.154. The van der Waals surface area contributed by atoms with Crippen LogP contribution in [-0.2, 0) is 9.47 Å². The summed E-state index contributed by atoms with van der Waals surface area (Å²) in [5, 5.41) is 25.5. The summed E-state index contributed by atoms with van der Waals surface area (Å²) in [6.07, 6.45) is 10.8. The highest BCUT2D eigenvalue weighted by molar-refractivity contribution is 5.73. The summed E-state index contributed by atoms with van der Waals surface area (Å²) >= 11 is 0. The van der Waals surface area contributed by atoms with E-state index in [-0.39, 0.29) is 5.60 Å². The summed E-state index contributed by atoms with van der Waals surface area (Å²) in [6.45, 7) is 8.97. The van der Waals surface area contributed by atoms with Crippen molar-refractivity contribution in [3.8, 4) is 0 Å². The lowest BCUT2D eigenvalue weighted by atomic mass is 10.0. The molecular weight excluding hydrogens is 354 g/mol. The van der Waals surface area contributed by atoms with Crippen molar-refractivity contribution in [3.63, 3.8) is 0 Å². The summed E-state index contributed by atoms with van der Waals surface area (Å²) in [7, 11) is 0. The van der Waals surface area contributed by atoms with Gasteiger partial charge in [-0.25, -0.2) is 0 Å². The van der Waals surface area contributed by atoms with Crippen molar-refractivity contribution in [1.82, 2.24) is 0 Å². The van der Waals surface area contributed by atoms with Gasteiger partial charge < -0.3 is 20.3 Å². The highest BCUT2D eigenvalue weighted by Gasteiger charge is 2.20. The van der Waals surface area contributed by atoms with E-state index in [1.807, 2.05) is 27.7 Å². The molecule has 28 heavy (non-hydrogen) atoms. The molecule has 0 aromatic heterocycles. The summed E-state index contributed by atoms with van der Waals surface area (Å²) in [5.41, 5.74) is 4.62. The van der Waals surface area contributed by atoms with Gasteiger partial charge >= 0.3 is 0 Å². The van der Waals surface area contributed by atoms with Gasteiger partial charge in [0, 0.05) is 12.8 Å². The van der Waals surface area contributed by atoms with Gasteiger partial charge in [-0.15, -0.1) is 0 Å². The second-order valence-corrected chi connectivity index (χ2v) is 8.99. The normalized spacial score (nSPS) is 12.1. The smallest absolute Gasteiger partial charge is 0.181 e. The second-order valence-electron chi connectivity index (χ2n) is 8.99. The van der Waals surface area contributed by atoms with Gasteiger partial charge in [-0.2, -0.15) is 0 Å². The third kappa shape index (κ3) is 18.2. The molecule has 0 aliphatic carbocycles. The topological polar surface area (TPSA) is 112 Å². The van der Waals surface area contributed by atoms with Crippen molar-refractivity contribution >= 4 is 11.8 Å². The molecule has 166 valence electrons. The first-order valence-corrected chi connectivity index (χ1v) is 10.9. The maximum Gasteiger partial charge on any atom is 0.181 e. The molecule has 0 fully saturated rings. The van der Waals surface area contributed by atoms with Crippen LogP contribution in [0.5, 0.6) is 0 Å². The van der Waals surface area contributed by atoms with Crippen LogP contribution in [0.2, 0.25) is 0 Å². The Balaban J connectivity index is 3.59. The largest absolute Gasteiger partial charge is 0.481 e. The molecule has 0 rings (SSSR count). The predicted molar refractivity (Wildman–Crippen MR) is 117 cm³/mol. The minimum Gasteiger partial charge on any atom is -0.481 e. The Morgan fingerprint density at radius 2 is 1.36 bits per heavy atom. The van der Waals surface area contributed by atoms with Crippen molar-refractivity contribution in [2.24, 2.45) is 5.73 Å². The molecule has 0 aliphatic rings. The average Bonchev–Trinajstić information content (AvgIpc) is 2.56. The molecule has 0 spiro atoms. The van der Waals surface area contributed by atoms with Crippen LogP contribution in [0.3, 0.4) is 0 Å². The van der Waals surface area contributed by atoms with E-state index < -0.39 is 5.60 Å². The lowest BCUT2D eigenvalue weighted by Gasteiger charge is -2.26. The SMILES string of the molecule is CC(C)(O)CCCCOC(=N)CCCCCCC(=N)OC(C)(C)CCCCN. The molecule has 5 N–H and O–H groups in total. The van der Waals surface area contributed by atoms with Gasteiger partial charge in [0.2, 0.25) is 0 Å². The van der Waals surface area contributed by atoms with Crippen molar-refractivity contribution in [3.05, 3.63) is 0 Å². The van der Waals surface area contributed by atoms with Gasteiger partial charge in [0.15, 0.2) is 11.8 Å². The molecule has 0 amide bonds. The van der Waals surface area contributed by atoms with Crippen molar-refractivity contribution in [2.75, 3.05) is 13.2 Å². The third-order valence-corrected chi connectivity index (χ3v) is 4.65. The van der Waals surface area contributed by atoms with Crippen LogP contribution >= 0.6 is 0 Å². The van der Waals surface area contributed by atoms with Crippen LogP contribution in [0.25, 0.3) is 0 Å². The number of nitrogens with one attached hydrogen (secondary N) is 2. The molecule has 0 aromatic carbocycles. The zero-order chi connectivity index (χ0) is 21.5. The highest BCUT2D eigenvalue weighted by Crippen LogP contribution is 2.19. The molecule has 0 radical (unpaired) electrons. The highest BCUT2D eigenvalue weighted by atomic mass is 16.5. The number of unbranched alkanes of at least 4 members (excludes halogenated alkanes) is 5. The molecule has 6 nitrogen and oxygen atoms in total. The molecular formula is C22H45N3O3. The van der Waals surface area contributed by atoms with Crippen LogP contribution in [-0.4, -0.2) is 41.3 Å². The van der Waals surface area contributed by atoms with E-state index in [1.54, 1.807) is 0 Å². The predicted octanol–water partition coefficient (Wildman–Crippen LogP) is 5.16. The first-order valence-electron chi connectivity index (χ1n) is 10.9. The first kappa shape index (κ1) is 26.9.